The van der Waals surface area contributed by atoms with E-state index in [2.05, 4.69) is 29.7 Å². The molecule has 1 amide bonds. The number of hydrogen-bond acceptors (Lipinski definition) is 2. The third kappa shape index (κ3) is 4.71. The minimum absolute atomic E-state index is 0.0192. The lowest BCUT2D eigenvalue weighted by Crippen LogP contribution is -2.36. The van der Waals surface area contributed by atoms with Crippen LogP contribution in [0.3, 0.4) is 0 Å². The number of benzene rings is 2. The van der Waals surface area contributed by atoms with Crippen molar-refractivity contribution in [2.75, 3.05) is 6.54 Å². The van der Waals surface area contributed by atoms with E-state index >= 15 is 0 Å². The normalized spacial score (nSPS) is 13.4. The molecule has 2 aromatic carbocycles. The summed E-state index contributed by atoms with van der Waals surface area (Å²) in [6.07, 6.45) is 0.950. The summed E-state index contributed by atoms with van der Waals surface area (Å²) >= 11 is 0. The first-order chi connectivity index (χ1) is 10.7. The van der Waals surface area contributed by atoms with Crippen LogP contribution in [0.1, 0.15) is 43.5 Å². The Labute approximate surface area is 132 Å². The summed E-state index contributed by atoms with van der Waals surface area (Å²) in [5, 5.41) is 6.36. The lowest BCUT2D eigenvalue weighted by molar-refractivity contribution is -0.121. The Hall–Kier alpha value is -2.13. The second kappa shape index (κ2) is 8.35. The van der Waals surface area contributed by atoms with E-state index < -0.39 is 0 Å². The van der Waals surface area contributed by atoms with Gasteiger partial charge in [-0.3, -0.25) is 4.79 Å². The van der Waals surface area contributed by atoms with Crippen molar-refractivity contribution >= 4 is 5.91 Å². The van der Waals surface area contributed by atoms with Gasteiger partial charge in [0.25, 0.3) is 0 Å². The Morgan fingerprint density at radius 1 is 0.955 bits per heavy atom. The average Bonchev–Trinajstić information content (AvgIpc) is 2.57. The number of carbonyl (C=O) groups excluding carboxylic acids is 1. The van der Waals surface area contributed by atoms with E-state index in [9.17, 15) is 4.79 Å². The van der Waals surface area contributed by atoms with Crippen molar-refractivity contribution in [1.82, 2.24) is 10.6 Å². The molecule has 2 aromatic rings. The zero-order chi connectivity index (χ0) is 15.8. The van der Waals surface area contributed by atoms with Crippen LogP contribution in [0, 0.1) is 0 Å². The molecule has 0 aliphatic carbocycles. The van der Waals surface area contributed by atoms with Crippen LogP contribution >= 0.6 is 0 Å². The molecule has 0 heterocycles. The van der Waals surface area contributed by atoms with Gasteiger partial charge in [-0.1, -0.05) is 67.6 Å². The molecule has 2 N–H and O–H groups in total. The monoisotopic (exact) mass is 296 g/mol. The van der Waals surface area contributed by atoms with Gasteiger partial charge in [0.05, 0.1) is 12.6 Å². The highest BCUT2D eigenvalue weighted by atomic mass is 16.1. The predicted octanol–water partition coefficient (Wildman–Crippen LogP) is 3.60. The van der Waals surface area contributed by atoms with E-state index in [1.165, 1.54) is 5.56 Å². The molecule has 2 rings (SSSR count). The first-order valence-corrected chi connectivity index (χ1v) is 7.83. The molecule has 0 spiro atoms. The van der Waals surface area contributed by atoms with Crippen molar-refractivity contribution < 1.29 is 4.79 Å². The minimum Gasteiger partial charge on any atom is -0.348 e. The largest absolute Gasteiger partial charge is 0.348 e. The first kappa shape index (κ1) is 16.2. The fraction of sp³-hybridized carbons (Fsp3) is 0.316. The summed E-state index contributed by atoms with van der Waals surface area (Å²) < 4.78 is 0. The van der Waals surface area contributed by atoms with Crippen LogP contribution in [0.2, 0.25) is 0 Å². The number of rotatable bonds is 7. The lowest BCUT2D eigenvalue weighted by atomic mass is 10.0. The maximum Gasteiger partial charge on any atom is 0.234 e. The Bertz CT molecular complexity index is 569. The van der Waals surface area contributed by atoms with Gasteiger partial charge in [-0.25, -0.2) is 0 Å². The van der Waals surface area contributed by atoms with Crippen LogP contribution in [0.5, 0.6) is 0 Å². The molecule has 2 unspecified atom stereocenters. The fourth-order valence-electron chi connectivity index (χ4n) is 2.52. The number of nitrogens with one attached hydrogen (secondary N) is 2. The predicted molar refractivity (Wildman–Crippen MR) is 90.5 cm³/mol. The van der Waals surface area contributed by atoms with Crippen LogP contribution in [0.25, 0.3) is 0 Å². The van der Waals surface area contributed by atoms with Crippen LogP contribution in [0.15, 0.2) is 60.7 Å². The van der Waals surface area contributed by atoms with Gasteiger partial charge in [0.1, 0.15) is 0 Å². The summed E-state index contributed by atoms with van der Waals surface area (Å²) in [6.45, 7) is 4.45. The second-order valence-electron chi connectivity index (χ2n) is 5.45. The highest BCUT2D eigenvalue weighted by Crippen LogP contribution is 2.15. The summed E-state index contributed by atoms with van der Waals surface area (Å²) in [4.78, 5) is 12.1. The van der Waals surface area contributed by atoms with Crippen LogP contribution in [-0.2, 0) is 4.79 Å². The van der Waals surface area contributed by atoms with Gasteiger partial charge in [-0.2, -0.15) is 0 Å². The first-order valence-electron chi connectivity index (χ1n) is 7.83. The van der Waals surface area contributed by atoms with E-state index in [1.807, 2.05) is 55.5 Å². The van der Waals surface area contributed by atoms with Crippen LogP contribution in [-0.4, -0.2) is 12.5 Å². The minimum atomic E-state index is 0.0192. The molecule has 22 heavy (non-hydrogen) atoms. The van der Waals surface area contributed by atoms with Crippen molar-refractivity contribution in [1.29, 1.82) is 0 Å². The molecule has 3 nitrogen and oxygen atoms in total. The highest BCUT2D eigenvalue weighted by Gasteiger charge is 2.12. The van der Waals surface area contributed by atoms with Crippen LogP contribution < -0.4 is 10.6 Å². The molecule has 0 fully saturated rings. The molecule has 0 saturated heterocycles. The van der Waals surface area contributed by atoms with Gasteiger partial charge >= 0.3 is 0 Å². The molecule has 0 aliphatic rings. The Morgan fingerprint density at radius 2 is 1.50 bits per heavy atom. The molecule has 3 heteroatoms. The Balaban J connectivity index is 1.84. The molecule has 0 radical (unpaired) electrons. The maximum atomic E-state index is 12.1. The lowest BCUT2D eigenvalue weighted by Gasteiger charge is -2.19. The molecule has 2 atom stereocenters. The van der Waals surface area contributed by atoms with Gasteiger partial charge in [-0.05, 0) is 24.5 Å². The van der Waals surface area contributed by atoms with E-state index in [0.717, 1.165) is 12.0 Å². The molecule has 0 saturated carbocycles. The molecule has 116 valence electrons. The fourth-order valence-corrected chi connectivity index (χ4v) is 2.52. The van der Waals surface area contributed by atoms with E-state index in [4.69, 9.17) is 0 Å². The summed E-state index contributed by atoms with van der Waals surface area (Å²) in [5.41, 5.74) is 2.33. The number of carbonyl (C=O) groups is 1. The van der Waals surface area contributed by atoms with Gasteiger partial charge in [-0.15, -0.1) is 0 Å². The molecule has 0 aromatic heterocycles. The number of amides is 1. The molecule has 0 bridgehead atoms. The molecular weight excluding hydrogens is 272 g/mol. The van der Waals surface area contributed by atoms with Gasteiger partial charge < -0.3 is 10.6 Å². The average molecular weight is 296 g/mol. The Kier molecular flexibility index (Phi) is 6.16. The van der Waals surface area contributed by atoms with E-state index in [1.54, 1.807) is 0 Å². The summed E-state index contributed by atoms with van der Waals surface area (Å²) in [7, 11) is 0. The van der Waals surface area contributed by atoms with Gasteiger partial charge in [0.15, 0.2) is 0 Å². The smallest absolute Gasteiger partial charge is 0.234 e. The standard InChI is InChI=1S/C19H24N2O/c1-3-18(17-12-8-5-9-13-17)20-14-19(22)21-15(2)16-10-6-4-7-11-16/h4-13,15,18,20H,3,14H2,1-2H3,(H,21,22). The summed E-state index contributed by atoms with van der Waals surface area (Å²) in [6, 6.07) is 20.5. The zero-order valence-electron chi connectivity index (χ0n) is 13.3. The van der Waals surface area contributed by atoms with E-state index in [-0.39, 0.29) is 18.0 Å². The van der Waals surface area contributed by atoms with Crippen molar-refractivity contribution in [3.05, 3.63) is 71.8 Å². The second-order valence-corrected chi connectivity index (χ2v) is 5.45. The topological polar surface area (TPSA) is 41.1 Å². The van der Waals surface area contributed by atoms with Crippen LogP contribution in [0.4, 0.5) is 0 Å². The number of hydrogen-bond donors (Lipinski definition) is 2. The highest BCUT2D eigenvalue weighted by molar-refractivity contribution is 5.78. The SMILES string of the molecule is CCC(NCC(=O)NC(C)c1ccccc1)c1ccccc1. The van der Waals surface area contributed by atoms with E-state index in [0.29, 0.717) is 6.54 Å². The molecule has 0 aliphatic heterocycles. The van der Waals surface area contributed by atoms with Crippen molar-refractivity contribution in [3.8, 4) is 0 Å². The quantitative estimate of drug-likeness (QED) is 0.819. The van der Waals surface area contributed by atoms with Crippen molar-refractivity contribution in [2.45, 2.75) is 32.4 Å². The third-order valence-corrected chi connectivity index (χ3v) is 3.80. The van der Waals surface area contributed by atoms with Gasteiger partial charge in [0, 0.05) is 6.04 Å². The third-order valence-electron chi connectivity index (χ3n) is 3.80. The van der Waals surface area contributed by atoms with Crippen molar-refractivity contribution in [2.24, 2.45) is 0 Å². The zero-order valence-corrected chi connectivity index (χ0v) is 13.3. The van der Waals surface area contributed by atoms with Crippen molar-refractivity contribution in [3.63, 3.8) is 0 Å². The Morgan fingerprint density at radius 3 is 2.05 bits per heavy atom. The summed E-state index contributed by atoms with van der Waals surface area (Å²) in [5.74, 6) is 0.0192. The molecular formula is C19H24N2O. The maximum absolute atomic E-state index is 12.1. The van der Waals surface area contributed by atoms with Gasteiger partial charge in [0.2, 0.25) is 5.91 Å².